The summed E-state index contributed by atoms with van der Waals surface area (Å²) in [7, 11) is -0.356. The number of sulfonamides is 1. The number of amides is 1. The van der Waals surface area contributed by atoms with Crippen LogP contribution in [0.25, 0.3) is 0 Å². The molecule has 0 spiro atoms. The van der Waals surface area contributed by atoms with Gasteiger partial charge in [0.2, 0.25) is 5.91 Å². The zero-order valence-electron chi connectivity index (χ0n) is 18.8. The first kappa shape index (κ1) is 24.0. The van der Waals surface area contributed by atoms with Gasteiger partial charge in [0, 0.05) is 43.5 Å². The number of ether oxygens (including phenoxy) is 1. The summed E-state index contributed by atoms with van der Waals surface area (Å²) in [5.41, 5.74) is 0.881. The number of rotatable bonds is 7. The Morgan fingerprint density at radius 3 is 2.75 bits per heavy atom. The summed E-state index contributed by atoms with van der Waals surface area (Å²) in [5.74, 6) is 0.386. The lowest BCUT2D eigenvalue weighted by atomic mass is 10.0. The molecule has 0 unspecified atom stereocenters. The van der Waals surface area contributed by atoms with Gasteiger partial charge in [-0.1, -0.05) is 6.92 Å². The molecule has 1 aromatic carbocycles. The number of imidazole rings is 1. The van der Waals surface area contributed by atoms with E-state index in [1.807, 2.05) is 14.0 Å². The average Bonchev–Trinajstić information content (AvgIpc) is 3.20. The van der Waals surface area contributed by atoms with Gasteiger partial charge in [-0.15, -0.1) is 0 Å². The van der Waals surface area contributed by atoms with Crippen LogP contribution in [-0.4, -0.2) is 72.8 Å². The lowest BCUT2D eigenvalue weighted by Crippen LogP contribution is -2.47. The molecular weight excluding hydrogens is 434 g/mol. The van der Waals surface area contributed by atoms with E-state index in [9.17, 15) is 18.3 Å². The molecule has 2 aromatic rings. The number of carbonyl (C=O) groups excluding carboxylic acids is 1. The standard InChI is InChI=1S/C21H31N5O5S/c1-14-10-26(15(2)12-27)21(28)8-16-7-17(5-6-18(16)31-19(14)9-22-3)24-32(29,30)20-11-25(4)13-23-20/h5-7,11,13-15,19,22,24,27H,8-10,12H2,1-4H3/t14-,15-,19+/m0/s1. The first-order valence-corrected chi connectivity index (χ1v) is 12.0. The SMILES string of the molecule is CNC[C@H]1Oc2ccc(NS(=O)(=O)c3cn(C)cn3)cc2CC(=O)N([C@@H](C)CO)C[C@@H]1C. The van der Waals surface area contributed by atoms with Crippen molar-refractivity contribution in [3.8, 4) is 5.75 Å². The second-order valence-corrected chi connectivity index (χ2v) is 9.88. The third-order valence-electron chi connectivity index (χ3n) is 5.53. The second kappa shape index (κ2) is 9.88. The van der Waals surface area contributed by atoms with Crippen molar-refractivity contribution in [1.29, 1.82) is 0 Å². The van der Waals surface area contributed by atoms with E-state index in [0.717, 1.165) is 0 Å². The van der Waals surface area contributed by atoms with Gasteiger partial charge >= 0.3 is 0 Å². The fourth-order valence-electron chi connectivity index (χ4n) is 3.67. The summed E-state index contributed by atoms with van der Waals surface area (Å²) in [4.78, 5) is 18.7. The molecule has 0 fully saturated rings. The van der Waals surface area contributed by atoms with E-state index >= 15 is 0 Å². The van der Waals surface area contributed by atoms with E-state index in [1.165, 1.54) is 12.5 Å². The van der Waals surface area contributed by atoms with E-state index < -0.39 is 10.0 Å². The molecule has 3 atom stereocenters. The van der Waals surface area contributed by atoms with E-state index in [4.69, 9.17) is 4.74 Å². The number of hydrogen-bond acceptors (Lipinski definition) is 7. The van der Waals surface area contributed by atoms with Crippen LogP contribution in [0, 0.1) is 5.92 Å². The lowest BCUT2D eigenvalue weighted by molar-refractivity contribution is -0.134. The molecule has 1 aromatic heterocycles. The van der Waals surface area contributed by atoms with Crippen molar-refractivity contribution in [2.75, 3.05) is 31.5 Å². The number of anilines is 1. The number of fused-ring (bicyclic) bond motifs is 1. The monoisotopic (exact) mass is 465 g/mol. The summed E-state index contributed by atoms with van der Waals surface area (Å²) < 4.78 is 35.6. The van der Waals surface area contributed by atoms with Gasteiger partial charge in [0.15, 0.2) is 5.03 Å². The van der Waals surface area contributed by atoms with E-state index in [2.05, 4.69) is 15.0 Å². The largest absolute Gasteiger partial charge is 0.488 e. The van der Waals surface area contributed by atoms with Crippen LogP contribution in [0.15, 0.2) is 35.7 Å². The smallest absolute Gasteiger partial charge is 0.280 e. The summed E-state index contributed by atoms with van der Waals surface area (Å²) in [6.07, 6.45) is 2.63. The second-order valence-electron chi connectivity index (χ2n) is 8.25. The molecule has 0 radical (unpaired) electrons. The zero-order valence-corrected chi connectivity index (χ0v) is 19.6. The fraction of sp³-hybridized carbons (Fsp3) is 0.524. The molecule has 0 bridgehead atoms. The molecule has 10 nitrogen and oxygen atoms in total. The predicted molar refractivity (Wildman–Crippen MR) is 120 cm³/mol. The Morgan fingerprint density at radius 1 is 1.38 bits per heavy atom. The van der Waals surface area contributed by atoms with Gasteiger partial charge in [-0.3, -0.25) is 9.52 Å². The fourth-order valence-corrected chi connectivity index (χ4v) is 4.71. The van der Waals surface area contributed by atoms with Crippen molar-refractivity contribution in [2.24, 2.45) is 13.0 Å². The van der Waals surface area contributed by atoms with Crippen LogP contribution >= 0.6 is 0 Å². The minimum absolute atomic E-state index is 0.00804. The number of nitrogens with zero attached hydrogens (tertiary/aromatic N) is 3. The van der Waals surface area contributed by atoms with Gasteiger partial charge in [0.05, 0.1) is 25.4 Å². The molecule has 3 N–H and O–H groups in total. The summed E-state index contributed by atoms with van der Waals surface area (Å²) in [5, 5.41) is 12.7. The van der Waals surface area contributed by atoms with E-state index in [1.54, 1.807) is 41.6 Å². The molecule has 0 saturated heterocycles. The molecule has 32 heavy (non-hydrogen) atoms. The number of aliphatic hydroxyl groups excluding tert-OH is 1. The highest BCUT2D eigenvalue weighted by Crippen LogP contribution is 2.29. The number of aliphatic hydroxyl groups is 1. The van der Waals surface area contributed by atoms with Gasteiger partial charge in [-0.25, -0.2) is 4.98 Å². The maximum Gasteiger partial charge on any atom is 0.280 e. The van der Waals surface area contributed by atoms with Crippen molar-refractivity contribution < 1.29 is 23.1 Å². The summed E-state index contributed by atoms with van der Waals surface area (Å²) >= 11 is 0. The van der Waals surface area contributed by atoms with Crippen molar-refractivity contribution in [3.05, 3.63) is 36.3 Å². The third-order valence-corrected chi connectivity index (χ3v) is 6.80. The van der Waals surface area contributed by atoms with Gasteiger partial charge in [-0.2, -0.15) is 8.42 Å². The number of hydrogen-bond donors (Lipinski definition) is 3. The van der Waals surface area contributed by atoms with E-state index in [0.29, 0.717) is 30.1 Å². The zero-order chi connectivity index (χ0) is 23.5. The lowest BCUT2D eigenvalue weighted by Gasteiger charge is -2.32. The number of nitrogens with one attached hydrogen (secondary N) is 2. The van der Waals surface area contributed by atoms with Gasteiger partial charge < -0.3 is 24.6 Å². The molecular formula is C21H31N5O5S. The first-order chi connectivity index (χ1) is 15.1. The molecule has 1 amide bonds. The minimum Gasteiger partial charge on any atom is -0.488 e. The molecule has 1 aliphatic rings. The predicted octanol–water partition coefficient (Wildman–Crippen LogP) is 0.589. The van der Waals surface area contributed by atoms with Crippen LogP contribution in [0.3, 0.4) is 0 Å². The highest BCUT2D eigenvalue weighted by atomic mass is 32.2. The Bertz CT molecular complexity index is 1050. The summed E-state index contributed by atoms with van der Waals surface area (Å²) in [6.45, 7) is 4.68. The molecule has 3 rings (SSSR count). The number of aromatic nitrogens is 2. The van der Waals surface area contributed by atoms with E-state index in [-0.39, 0.29) is 42.0 Å². The topological polar surface area (TPSA) is 126 Å². The van der Waals surface area contributed by atoms with Crippen LogP contribution < -0.4 is 14.8 Å². The Kier molecular flexibility index (Phi) is 7.42. The minimum atomic E-state index is -3.87. The Labute approximate surface area is 188 Å². The molecule has 1 aliphatic heterocycles. The van der Waals surface area contributed by atoms with Crippen molar-refractivity contribution >= 4 is 21.6 Å². The Morgan fingerprint density at radius 2 is 2.12 bits per heavy atom. The van der Waals surface area contributed by atoms with Crippen molar-refractivity contribution in [1.82, 2.24) is 19.8 Å². The van der Waals surface area contributed by atoms with Gasteiger partial charge in [0.25, 0.3) is 10.0 Å². The van der Waals surface area contributed by atoms with Crippen LogP contribution in [-0.2, 0) is 28.3 Å². The molecule has 0 saturated carbocycles. The first-order valence-electron chi connectivity index (χ1n) is 10.5. The quantitative estimate of drug-likeness (QED) is 0.546. The number of benzene rings is 1. The molecule has 11 heteroatoms. The maximum atomic E-state index is 13.1. The highest BCUT2D eigenvalue weighted by molar-refractivity contribution is 7.92. The molecule has 2 heterocycles. The van der Waals surface area contributed by atoms with Crippen LogP contribution in [0.5, 0.6) is 5.75 Å². The molecule has 0 aliphatic carbocycles. The highest BCUT2D eigenvalue weighted by Gasteiger charge is 2.30. The number of aryl methyl sites for hydroxylation is 1. The maximum absolute atomic E-state index is 13.1. The summed E-state index contributed by atoms with van der Waals surface area (Å²) in [6, 6.07) is 4.56. The molecule has 176 valence electrons. The van der Waals surface area contributed by atoms with Crippen molar-refractivity contribution in [2.45, 2.75) is 37.4 Å². The normalized spacial score (nSPS) is 20.5. The Balaban J connectivity index is 1.96. The van der Waals surface area contributed by atoms with Crippen LogP contribution in [0.1, 0.15) is 19.4 Å². The van der Waals surface area contributed by atoms with Gasteiger partial charge in [0.1, 0.15) is 11.9 Å². The number of carbonyl (C=O) groups is 1. The van der Waals surface area contributed by atoms with Crippen LogP contribution in [0.2, 0.25) is 0 Å². The third kappa shape index (κ3) is 5.40. The average molecular weight is 466 g/mol. The van der Waals surface area contributed by atoms with Crippen molar-refractivity contribution in [3.63, 3.8) is 0 Å². The Hall–Kier alpha value is -2.63. The number of likely N-dealkylation sites (N-methyl/N-ethyl adjacent to an activating group) is 1. The van der Waals surface area contributed by atoms with Gasteiger partial charge in [-0.05, 0) is 32.2 Å². The van der Waals surface area contributed by atoms with Crippen LogP contribution in [0.4, 0.5) is 5.69 Å².